The van der Waals surface area contributed by atoms with Crippen molar-refractivity contribution in [1.82, 2.24) is 0 Å². The number of esters is 3. The van der Waals surface area contributed by atoms with Crippen molar-refractivity contribution in [3.05, 3.63) is 124 Å². The highest BCUT2D eigenvalue weighted by Gasteiger charge is 2.32. The van der Waals surface area contributed by atoms with Crippen LogP contribution < -0.4 is 19.1 Å². The maximum Gasteiger partial charge on any atom is 0.337 e. The molecule has 10 nitrogen and oxygen atoms in total. The SMILES string of the molecule is CCN(C(=O)c1ccc(C(=O)OC)cc1)c1ccc(OC(=O)C2CCC(C(=O)Oc3ccc(OC)cc3/C=C/C(=O)c3ccc(Cl)cc3)CC2)cc1. The lowest BCUT2D eigenvalue weighted by molar-refractivity contribution is -0.145. The molecule has 1 amide bonds. The maximum absolute atomic E-state index is 13.2. The average molecular weight is 724 g/mol. The number of carbonyl (C=O) groups is 5. The van der Waals surface area contributed by atoms with Gasteiger partial charge in [0.2, 0.25) is 0 Å². The normalized spacial score (nSPS) is 15.4. The van der Waals surface area contributed by atoms with Gasteiger partial charge in [-0.2, -0.15) is 0 Å². The zero-order valence-electron chi connectivity index (χ0n) is 29.0. The Morgan fingerprint density at radius 2 is 1.27 bits per heavy atom. The van der Waals surface area contributed by atoms with Crippen LogP contribution in [0.15, 0.2) is 97.1 Å². The molecule has 1 aliphatic carbocycles. The van der Waals surface area contributed by atoms with Crippen LogP contribution in [0.5, 0.6) is 17.2 Å². The molecule has 0 radical (unpaired) electrons. The van der Waals surface area contributed by atoms with Gasteiger partial charge >= 0.3 is 17.9 Å². The van der Waals surface area contributed by atoms with Gasteiger partial charge in [-0.15, -0.1) is 0 Å². The molecule has 1 fully saturated rings. The van der Waals surface area contributed by atoms with Gasteiger partial charge in [-0.05, 0) is 136 Å². The molecule has 52 heavy (non-hydrogen) atoms. The first-order chi connectivity index (χ1) is 25.1. The molecule has 0 aromatic heterocycles. The Morgan fingerprint density at radius 1 is 0.712 bits per heavy atom. The van der Waals surface area contributed by atoms with Crippen LogP contribution in [0.3, 0.4) is 0 Å². The third kappa shape index (κ3) is 9.32. The minimum absolute atomic E-state index is 0.239. The number of nitrogens with zero attached hydrogens (tertiary/aromatic N) is 1. The van der Waals surface area contributed by atoms with Crippen molar-refractivity contribution < 1.29 is 42.9 Å². The van der Waals surface area contributed by atoms with Gasteiger partial charge in [-0.3, -0.25) is 19.2 Å². The number of methoxy groups -OCH3 is 2. The second-order valence-electron chi connectivity index (χ2n) is 12.1. The van der Waals surface area contributed by atoms with E-state index in [-0.39, 0.29) is 29.3 Å². The molecule has 11 heteroatoms. The molecule has 0 bridgehead atoms. The minimum atomic E-state index is -0.484. The quantitative estimate of drug-likeness (QED) is 0.0618. The summed E-state index contributed by atoms with van der Waals surface area (Å²) in [5.41, 5.74) is 2.34. The van der Waals surface area contributed by atoms with E-state index in [1.807, 2.05) is 6.92 Å². The standard InChI is InChI=1S/C41H38ClNO9/c1-4-43(38(45)27-5-7-28(8-6-27)39(46)50-3)33-18-20-34(21-19-33)51-40(47)29-9-11-30(12-10-29)41(48)52-37-24-22-35(49-2)25-31(37)15-23-36(44)26-13-16-32(42)17-14-26/h5-8,13-25,29-30H,4,9-12H2,1-3H3/b23-15+. The predicted molar refractivity (Wildman–Crippen MR) is 196 cm³/mol. The maximum atomic E-state index is 13.2. The van der Waals surface area contributed by atoms with E-state index >= 15 is 0 Å². The molecule has 1 saturated carbocycles. The molecule has 4 aromatic carbocycles. The van der Waals surface area contributed by atoms with Gasteiger partial charge in [0.1, 0.15) is 17.2 Å². The van der Waals surface area contributed by atoms with Gasteiger partial charge in [0.15, 0.2) is 5.78 Å². The zero-order chi connectivity index (χ0) is 37.2. The van der Waals surface area contributed by atoms with E-state index in [1.54, 1.807) is 89.8 Å². The molecule has 0 spiro atoms. The molecule has 268 valence electrons. The highest BCUT2D eigenvalue weighted by molar-refractivity contribution is 6.30. The Bertz CT molecular complexity index is 1950. The number of ether oxygens (including phenoxy) is 4. The molecule has 5 rings (SSSR count). The van der Waals surface area contributed by atoms with E-state index in [4.69, 9.17) is 30.5 Å². The second kappa shape index (κ2) is 17.5. The first-order valence-electron chi connectivity index (χ1n) is 16.8. The summed E-state index contributed by atoms with van der Waals surface area (Å²) in [7, 11) is 2.81. The third-order valence-electron chi connectivity index (χ3n) is 8.85. The summed E-state index contributed by atoms with van der Waals surface area (Å²) in [5.74, 6) is -1.40. The summed E-state index contributed by atoms with van der Waals surface area (Å²) in [6.07, 6.45) is 4.77. The van der Waals surface area contributed by atoms with Crippen LogP contribution in [0, 0.1) is 11.8 Å². The highest BCUT2D eigenvalue weighted by Crippen LogP contribution is 2.33. The Morgan fingerprint density at radius 3 is 1.85 bits per heavy atom. The molecule has 0 heterocycles. The number of benzene rings is 4. The van der Waals surface area contributed by atoms with Crippen LogP contribution in [0.4, 0.5) is 5.69 Å². The van der Waals surface area contributed by atoms with Crippen LogP contribution in [-0.2, 0) is 14.3 Å². The van der Waals surface area contributed by atoms with E-state index in [9.17, 15) is 24.0 Å². The van der Waals surface area contributed by atoms with Crippen molar-refractivity contribution in [1.29, 1.82) is 0 Å². The topological polar surface area (TPSA) is 126 Å². The van der Waals surface area contributed by atoms with Gasteiger partial charge in [0.25, 0.3) is 5.91 Å². The fourth-order valence-electron chi connectivity index (χ4n) is 5.87. The Balaban J connectivity index is 1.14. The summed E-state index contributed by atoms with van der Waals surface area (Å²) in [6.45, 7) is 2.24. The molecule has 1 aliphatic rings. The van der Waals surface area contributed by atoms with Gasteiger partial charge in [-0.1, -0.05) is 11.6 Å². The van der Waals surface area contributed by atoms with Gasteiger partial charge in [0, 0.05) is 33.9 Å². The third-order valence-corrected chi connectivity index (χ3v) is 9.10. The van der Waals surface area contributed by atoms with Crippen LogP contribution in [0.25, 0.3) is 6.08 Å². The Labute approximate surface area is 306 Å². The smallest absolute Gasteiger partial charge is 0.337 e. The number of carbonyl (C=O) groups excluding carboxylic acids is 5. The number of hydrogen-bond acceptors (Lipinski definition) is 9. The van der Waals surface area contributed by atoms with E-state index in [0.717, 1.165) is 0 Å². The minimum Gasteiger partial charge on any atom is -0.497 e. The van der Waals surface area contributed by atoms with E-state index in [2.05, 4.69) is 0 Å². The van der Waals surface area contributed by atoms with Crippen molar-refractivity contribution >= 4 is 53.0 Å². The van der Waals surface area contributed by atoms with Crippen molar-refractivity contribution in [2.24, 2.45) is 11.8 Å². The molecule has 0 N–H and O–H groups in total. The van der Waals surface area contributed by atoms with Crippen LogP contribution in [0.2, 0.25) is 5.02 Å². The monoisotopic (exact) mass is 723 g/mol. The lowest BCUT2D eigenvalue weighted by atomic mass is 9.82. The number of hydrogen-bond donors (Lipinski definition) is 0. The van der Waals surface area contributed by atoms with Crippen LogP contribution >= 0.6 is 11.6 Å². The first kappa shape index (κ1) is 37.5. The molecule has 0 aliphatic heterocycles. The highest BCUT2D eigenvalue weighted by atomic mass is 35.5. The first-order valence-corrected chi connectivity index (χ1v) is 17.2. The van der Waals surface area contributed by atoms with E-state index in [0.29, 0.717) is 76.7 Å². The molecule has 0 atom stereocenters. The van der Waals surface area contributed by atoms with Crippen molar-refractivity contribution in [2.45, 2.75) is 32.6 Å². The summed E-state index contributed by atoms with van der Waals surface area (Å²) >= 11 is 5.93. The second-order valence-corrected chi connectivity index (χ2v) is 12.5. The predicted octanol–water partition coefficient (Wildman–Crippen LogP) is 8.02. The van der Waals surface area contributed by atoms with E-state index in [1.165, 1.54) is 32.4 Å². The summed E-state index contributed by atoms with van der Waals surface area (Å²) < 4.78 is 21.5. The molecule has 0 unspecified atom stereocenters. The van der Waals surface area contributed by atoms with Crippen LogP contribution in [0.1, 0.15) is 69.2 Å². The molecular weight excluding hydrogens is 686 g/mol. The number of ketones is 1. The number of rotatable bonds is 12. The summed E-state index contributed by atoms with van der Waals surface area (Å²) in [5, 5.41) is 0.526. The largest absolute Gasteiger partial charge is 0.497 e. The van der Waals surface area contributed by atoms with Gasteiger partial charge in [0.05, 0.1) is 31.6 Å². The molecule has 0 saturated heterocycles. The number of allylic oxidation sites excluding steroid dienone is 1. The summed E-state index contributed by atoms with van der Waals surface area (Å²) in [6, 6.07) is 24.4. The fraction of sp³-hybridized carbons (Fsp3) is 0.244. The average Bonchev–Trinajstić information content (AvgIpc) is 3.18. The van der Waals surface area contributed by atoms with Crippen molar-refractivity contribution in [3.63, 3.8) is 0 Å². The van der Waals surface area contributed by atoms with Gasteiger partial charge in [-0.25, -0.2) is 4.79 Å². The number of anilines is 1. The van der Waals surface area contributed by atoms with E-state index < -0.39 is 17.9 Å². The lowest BCUT2D eigenvalue weighted by Crippen LogP contribution is -2.31. The van der Waals surface area contributed by atoms with Crippen molar-refractivity contribution in [2.75, 3.05) is 25.7 Å². The summed E-state index contributed by atoms with van der Waals surface area (Å²) in [4.78, 5) is 65.5. The van der Waals surface area contributed by atoms with Crippen LogP contribution in [-0.4, -0.2) is 50.4 Å². The lowest BCUT2D eigenvalue weighted by Gasteiger charge is -2.26. The van der Waals surface area contributed by atoms with Crippen molar-refractivity contribution in [3.8, 4) is 17.2 Å². The zero-order valence-corrected chi connectivity index (χ0v) is 29.8. The van der Waals surface area contributed by atoms with Gasteiger partial charge < -0.3 is 23.8 Å². The number of amides is 1. The number of halogens is 1. The fourth-order valence-corrected chi connectivity index (χ4v) is 5.99. The molecular formula is C41H38ClNO9. The Hall–Kier alpha value is -5.74. The molecule has 4 aromatic rings. The Kier molecular flexibility index (Phi) is 12.6.